The fourth-order valence-corrected chi connectivity index (χ4v) is 3.08. The second-order valence-corrected chi connectivity index (χ2v) is 5.77. The van der Waals surface area contributed by atoms with Gasteiger partial charge in [0.25, 0.3) is 0 Å². The molecule has 0 aromatic carbocycles. The molecule has 0 radical (unpaired) electrons. The van der Waals surface area contributed by atoms with Gasteiger partial charge in [-0.25, -0.2) is 0 Å². The summed E-state index contributed by atoms with van der Waals surface area (Å²) in [5.74, 6) is 0.237. The van der Waals surface area contributed by atoms with E-state index in [9.17, 15) is 9.90 Å². The molecule has 0 aromatic rings. The number of nitrogens with two attached hydrogens (primary N) is 1. The number of hydrogen-bond donors (Lipinski definition) is 3. The zero-order valence-electron chi connectivity index (χ0n) is 11.9. The zero-order valence-corrected chi connectivity index (χ0v) is 12.7. The molecule has 2 rings (SSSR count). The number of aliphatic hydroxyl groups is 1. The number of rotatable bonds is 5. The van der Waals surface area contributed by atoms with E-state index in [0.29, 0.717) is 19.0 Å². The van der Waals surface area contributed by atoms with Crippen molar-refractivity contribution in [3.8, 4) is 0 Å². The lowest BCUT2D eigenvalue weighted by atomic mass is 9.85. The van der Waals surface area contributed by atoms with E-state index in [1.54, 1.807) is 0 Å². The molecule has 118 valence electrons. The summed E-state index contributed by atoms with van der Waals surface area (Å²) in [6, 6.07) is 0. The summed E-state index contributed by atoms with van der Waals surface area (Å²) in [7, 11) is 0. The third-order valence-electron chi connectivity index (χ3n) is 4.34. The van der Waals surface area contributed by atoms with Gasteiger partial charge in [-0.1, -0.05) is 19.3 Å². The number of hydrogen-bond acceptors (Lipinski definition) is 4. The highest BCUT2D eigenvalue weighted by Gasteiger charge is 2.30. The first-order valence-corrected chi connectivity index (χ1v) is 7.52. The number of amides is 1. The van der Waals surface area contributed by atoms with Crippen molar-refractivity contribution in [1.82, 2.24) is 5.32 Å². The van der Waals surface area contributed by atoms with Gasteiger partial charge in [-0.3, -0.25) is 4.79 Å². The Kier molecular flexibility index (Phi) is 7.80. The molecule has 0 aromatic heterocycles. The van der Waals surface area contributed by atoms with Crippen molar-refractivity contribution in [1.29, 1.82) is 0 Å². The van der Waals surface area contributed by atoms with E-state index in [0.717, 1.165) is 25.7 Å². The summed E-state index contributed by atoms with van der Waals surface area (Å²) in [5.41, 5.74) is 5.52. The van der Waals surface area contributed by atoms with Gasteiger partial charge in [0.15, 0.2) is 0 Å². The third kappa shape index (κ3) is 4.88. The summed E-state index contributed by atoms with van der Waals surface area (Å²) in [5, 5.41) is 12.9. The Morgan fingerprint density at radius 3 is 2.55 bits per heavy atom. The van der Waals surface area contributed by atoms with E-state index in [-0.39, 0.29) is 30.5 Å². The molecule has 3 atom stereocenters. The smallest absolute Gasteiger partial charge is 0.249 e. The predicted octanol–water partition coefficient (Wildman–Crippen LogP) is 0.972. The second-order valence-electron chi connectivity index (χ2n) is 5.77. The molecule has 1 saturated heterocycles. The van der Waals surface area contributed by atoms with E-state index in [1.807, 2.05) is 0 Å². The fourth-order valence-electron chi connectivity index (χ4n) is 3.08. The van der Waals surface area contributed by atoms with Crippen LogP contribution in [0.3, 0.4) is 0 Å². The van der Waals surface area contributed by atoms with E-state index in [4.69, 9.17) is 10.5 Å². The molecule has 1 saturated carbocycles. The van der Waals surface area contributed by atoms with Gasteiger partial charge in [0.05, 0.1) is 12.2 Å². The van der Waals surface area contributed by atoms with Crippen molar-refractivity contribution in [2.75, 3.05) is 13.1 Å². The van der Waals surface area contributed by atoms with E-state index >= 15 is 0 Å². The normalized spacial score (nSPS) is 28.7. The van der Waals surface area contributed by atoms with Crippen molar-refractivity contribution >= 4 is 18.3 Å². The van der Waals surface area contributed by atoms with Crippen LogP contribution in [0.2, 0.25) is 0 Å². The molecule has 6 heteroatoms. The van der Waals surface area contributed by atoms with Crippen LogP contribution in [0.15, 0.2) is 0 Å². The average molecular weight is 307 g/mol. The highest BCUT2D eigenvalue weighted by molar-refractivity contribution is 5.85. The van der Waals surface area contributed by atoms with Gasteiger partial charge >= 0.3 is 0 Å². The second kappa shape index (κ2) is 8.82. The first-order chi connectivity index (χ1) is 9.20. The molecule has 5 nitrogen and oxygen atoms in total. The average Bonchev–Trinajstić information content (AvgIpc) is 2.94. The van der Waals surface area contributed by atoms with Crippen LogP contribution < -0.4 is 11.1 Å². The Bertz CT molecular complexity index is 298. The molecular weight excluding hydrogens is 280 g/mol. The largest absolute Gasteiger partial charge is 0.391 e. The van der Waals surface area contributed by atoms with Gasteiger partial charge < -0.3 is 20.9 Å². The number of carbonyl (C=O) groups excluding carboxylic acids is 1. The number of carbonyl (C=O) groups is 1. The lowest BCUT2D eigenvalue weighted by Gasteiger charge is -2.27. The van der Waals surface area contributed by atoms with Crippen LogP contribution in [0.25, 0.3) is 0 Å². The summed E-state index contributed by atoms with van der Waals surface area (Å²) in [4.78, 5) is 11.9. The molecule has 2 aliphatic rings. The van der Waals surface area contributed by atoms with Gasteiger partial charge in [-0.05, 0) is 31.6 Å². The quantitative estimate of drug-likeness (QED) is 0.707. The van der Waals surface area contributed by atoms with Crippen LogP contribution in [0.4, 0.5) is 0 Å². The van der Waals surface area contributed by atoms with E-state index < -0.39 is 6.10 Å². The van der Waals surface area contributed by atoms with E-state index in [1.165, 1.54) is 19.3 Å². The first kappa shape index (κ1) is 17.7. The zero-order chi connectivity index (χ0) is 13.7. The van der Waals surface area contributed by atoms with Crippen molar-refractivity contribution < 1.29 is 14.6 Å². The molecule has 4 N–H and O–H groups in total. The first-order valence-electron chi connectivity index (χ1n) is 7.52. The van der Waals surface area contributed by atoms with Gasteiger partial charge in [0, 0.05) is 13.1 Å². The Hall–Kier alpha value is -0.360. The minimum Gasteiger partial charge on any atom is -0.391 e. The molecule has 0 spiro atoms. The number of aliphatic hydroxyl groups excluding tert-OH is 1. The Balaban J connectivity index is 0.00000200. The Morgan fingerprint density at radius 1 is 1.25 bits per heavy atom. The number of halogens is 1. The summed E-state index contributed by atoms with van der Waals surface area (Å²) < 4.78 is 5.53. The molecule has 0 bridgehead atoms. The monoisotopic (exact) mass is 306 g/mol. The van der Waals surface area contributed by atoms with Crippen molar-refractivity contribution in [2.24, 2.45) is 11.7 Å². The molecule has 1 amide bonds. The minimum absolute atomic E-state index is 0. The van der Waals surface area contributed by atoms with Crippen LogP contribution in [-0.4, -0.2) is 42.4 Å². The minimum atomic E-state index is -0.420. The van der Waals surface area contributed by atoms with Gasteiger partial charge in [0.1, 0.15) is 6.10 Å². The topological polar surface area (TPSA) is 84.6 Å². The highest BCUT2D eigenvalue weighted by Crippen LogP contribution is 2.26. The maximum Gasteiger partial charge on any atom is 0.249 e. The highest BCUT2D eigenvalue weighted by atomic mass is 35.5. The molecular formula is C14H27ClN2O3. The van der Waals surface area contributed by atoms with Crippen LogP contribution in [0.5, 0.6) is 0 Å². The van der Waals surface area contributed by atoms with Gasteiger partial charge in [-0.15, -0.1) is 12.4 Å². The van der Waals surface area contributed by atoms with Crippen molar-refractivity contribution in [3.05, 3.63) is 0 Å². The lowest BCUT2D eigenvalue weighted by Crippen LogP contribution is -2.42. The molecule has 1 aliphatic carbocycles. The predicted molar refractivity (Wildman–Crippen MR) is 79.8 cm³/mol. The molecule has 2 fully saturated rings. The van der Waals surface area contributed by atoms with Gasteiger partial charge in [0.2, 0.25) is 5.91 Å². The van der Waals surface area contributed by atoms with Crippen LogP contribution in [0, 0.1) is 5.92 Å². The van der Waals surface area contributed by atoms with Crippen LogP contribution in [-0.2, 0) is 9.53 Å². The number of ether oxygens (including phenoxy) is 1. The van der Waals surface area contributed by atoms with Crippen LogP contribution in [0.1, 0.15) is 44.9 Å². The molecule has 20 heavy (non-hydrogen) atoms. The Labute approximate surface area is 127 Å². The molecule has 1 heterocycles. The molecule has 1 aliphatic heterocycles. The standard InChI is InChI=1S/C14H26N2O3.ClH/c15-8-11-6-7-13(19-11)14(18)16-9-12(17)10-4-2-1-3-5-10;/h10-13,17H,1-9,15H2,(H,16,18);1H/t11-,12?,13+;/m1./s1. The SMILES string of the molecule is Cl.NC[C@H]1CC[C@@H](C(=O)NCC(O)C2CCCCC2)O1. The Morgan fingerprint density at radius 2 is 1.95 bits per heavy atom. The maximum atomic E-state index is 11.9. The summed E-state index contributed by atoms with van der Waals surface area (Å²) in [6.07, 6.45) is 6.60. The summed E-state index contributed by atoms with van der Waals surface area (Å²) in [6.45, 7) is 0.811. The summed E-state index contributed by atoms with van der Waals surface area (Å²) >= 11 is 0. The fraction of sp³-hybridized carbons (Fsp3) is 0.929. The number of nitrogens with one attached hydrogen (secondary N) is 1. The van der Waals surface area contributed by atoms with Gasteiger partial charge in [-0.2, -0.15) is 0 Å². The van der Waals surface area contributed by atoms with Crippen LogP contribution >= 0.6 is 12.4 Å². The van der Waals surface area contributed by atoms with Crippen molar-refractivity contribution in [3.63, 3.8) is 0 Å². The molecule has 1 unspecified atom stereocenters. The maximum absolute atomic E-state index is 11.9. The van der Waals surface area contributed by atoms with E-state index in [2.05, 4.69) is 5.32 Å². The third-order valence-corrected chi connectivity index (χ3v) is 4.34. The lowest BCUT2D eigenvalue weighted by molar-refractivity contribution is -0.132. The van der Waals surface area contributed by atoms with Crippen molar-refractivity contribution in [2.45, 2.75) is 63.3 Å².